The van der Waals surface area contributed by atoms with Gasteiger partial charge in [0.25, 0.3) is 0 Å². The molecule has 25 heavy (non-hydrogen) atoms. The van der Waals surface area contributed by atoms with Crippen LogP contribution in [0.15, 0.2) is 18.2 Å². The minimum atomic E-state index is -0.633. The van der Waals surface area contributed by atoms with Crippen molar-refractivity contribution in [2.75, 3.05) is 20.2 Å². The van der Waals surface area contributed by atoms with Gasteiger partial charge in [0.15, 0.2) is 0 Å². The Bertz CT molecular complexity index is 730. The number of likely N-dealkylation sites (N-methyl/N-ethyl adjacent to an activating group) is 1. The molecule has 1 saturated carbocycles. The third-order valence-electron chi connectivity index (χ3n) is 6.65. The molecule has 1 N–H and O–H groups in total. The number of Topliss-reactive ketones (excluding diaryl/α,β-unsaturated/α-hetero) is 1. The number of hydrogen-bond donors (Lipinski definition) is 1. The Hall–Kier alpha value is -1.88. The summed E-state index contributed by atoms with van der Waals surface area (Å²) < 4.78 is 5.15. The lowest BCUT2D eigenvalue weighted by Crippen LogP contribution is -2.62. The molecule has 5 nitrogen and oxygen atoms in total. The van der Waals surface area contributed by atoms with E-state index in [1.807, 2.05) is 12.1 Å². The number of likely N-dealkylation sites (tertiary alicyclic amines) is 1. The smallest absolute Gasteiger partial charge is 0.316 e. The lowest BCUT2D eigenvalue weighted by atomic mass is 9.50. The maximum Gasteiger partial charge on any atom is 0.316 e. The van der Waals surface area contributed by atoms with Gasteiger partial charge in [0.2, 0.25) is 0 Å². The summed E-state index contributed by atoms with van der Waals surface area (Å²) in [5, 5.41) is 10.0. The highest BCUT2D eigenvalue weighted by Gasteiger charge is 2.58. The Labute approximate surface area is 148 Å². The number of phenols is 1. The van der Waals surface area contributed by atoms with E-state index in [0.717, 1.165) is 24.9 Å². The van der Waals surface area contributed by atoms with E-state index in [-0.39, 0.29) is 28.8 Å². The van der Waals surface area contributed by atoms with E-state index < -0.39 is 5.92 Å². The van der Waals surface area contributed by atoms with Crippen molar-refractivity contribution in [2.45, 2.75) is 44.1 Å². The number of esters is 1. The van der Waals surface area contributed by atoms with Crippen LogP contribution in [-0.2, 0) is 26.2 Å². The van der Waals surface area contributed by atoms with E-state index in [0.29, 0.717) is 25.5 Å². The minimum absolute atomic E-state index is 0.00537. The van der Waals surface area contributed by atoms with Crippen LogP contribution in [0.3, 0.4) is 0 Å². The summed E-state index contributed by atoms with van der Waals surface area (Å²) in [4.78, 5) is 27.5. The molecule has 0 aromatic heterocycles. The fourth-order valence-corrected chi connectivity index (χ4v) is 5.45. The third-order valence-corrected chi connectivity index (χ3v) is 6.65. The zero-order chi connectivity index (χ0) is 17.8. The summed E-state index contributed by atoms with van der Waals surface area (Å²) in [5.74, 6) is -0.512. The number of rotatable bonds is 2. The second-order valence-corrected chi connectivity index (χ2v) is 7.79. The molecule has 1 aliphatic heterocycles. The fraction of sp³-hybridized carbons (Fsp3) is 0.600. The molecule has 3 aliphatic rings. The van der Waals surface area contributed by atoms with Crippen molar-refractivity contribution in [3.63, 3.8) is 0 Å². The van der Waals surface area contributed by atoms with Gasteiger partial charge < -0.3 is 14.7 Å². The molecule has 2 fully saturated rings. The minimum Gasteiger partial charge on any atom is -0.508 e. The number of ketones is 1. The van der Waals surface area contributed by atoms with Crippen LogP contribution in [0, 0.1) is 11.8 Å². The molecule has 1 aromatic rings. The van der Waals surface area contributed by atoms with Gasteiger partial charge in [-0.15, -0.1) is 0 Å². The van der Waals surface area contributed by atoms with E-state index >= 15 is 0 Å². The monoisotopic (exact) mass is 343 g/mol. The average molecular weight is 343 g/mol. The van der Waals surface area contributed by atoms with Gasteiger partial charge in [-0.05, 0) is 69.0 Å². The Kier molecular flexibility index (Phi) is 3.87. The number of carbonyl (C=O) groups excluding carboxylic acids is 2. The molecule has 4 rings (SSSR count). The molecule has 134 valence electrons. The number of nitrogens with zero attached hydrogens (tertiary/aromatic N) is 1. The molecule has 1 aromatic carbocycles. The number of benzene rings is 1. The summed E-state index contributed by atoms with van der Waals surface area (Å²) in [5.41, 5.74) is 2.11. The molecule has 5 heteroatoms. The highest BCUT2D eigenvalue weighted by Crippen LogP contribution is 2.56. The predicted octanol–water partition coefficient (Wildman–Crippen LogP) is 2.05. The van der Waals surface area contributed by atoms with Gasteiger partial charge in [-0.1, -0.05) is 6.07 Å². The van der Waals surface area contributed by atoms with E-state index in [9.17, 15) is 14.7 Å². The molecule has 0 unspecified atom stereocenters. The second-order valence-electron chi connectivity index (χ2n) is 7.79. The molecule has 0 radical (unpaired) electrons. The average Bonchev–Trinajstić information content (AvgIpc) is 2.58. The molecule has 2 aliphatic carbocycles. The predicted molar refractivity (Wildman–Crippen MR) is 92.4 cm³/mol. The van der Waals surface area contributed by atoms with Crippen molar-refractivity contribution in [1.82, 2.24) is 4.90 Å². The normalized spacial score (nSPS) is 34.2. The Balaban J connectivity index is 1.78. The number of carbonyl (C=O) groups is 2. The van der Waals surface area contributed by atoms with Crippen molar-refractivity contribution < 1.29 is 19.4 Å². The van der Waals surface area contributed by atoms with Crippen molar-refractivity contribution in [2.24, 2.45) is 11.8 Å². The highest BCUT2D eigenvalue weighted by molar-refractivity contribution is 6.00. The van der Waals surface area contributed by atoms with Crippen molar-refractivity contribution in [3.8, 4) is 5.75 Å². The van der Waals surface area contributed by atoms with Crippen LogP contribution in [0.1, 0.15) is 37.3 Å². The van der Waals surface area contributed by atoms with Crippen LogP contribution in [0.4, 0.5) is 0 Å². The van der Waals surface area contributed by atoms with Crippen LogP contribution in [0.2, 0.25) is 0 Å². The van der Waals surface area contributed by atoms with Crippen LogP contribution in [-0.4, -0.2) is 48.0 Å². The lowest BCUT2D eigenvalue weighted by molar-refractivity contribution is -0.157. The number of aromatic hydroxyl groups is 1. The summed E-state index contributed by atoms with van der Waals surface area (Å²) in [6, 6.07) is 5.91. The molecule has 4 atom stereocenters. The topological polar surface area (TPSA) is 66.8 Å². The van der Waals surface area contributed by atoms with Crippen LogP contribution >= 0.6 is 0 Å². The molecule has 1 saturated heterocycles. The number of hydrogen-bond acceptors (Lipinski definition) is 5. The molecular weight excluding hydrogens is 318 g/mol. The quantitative estimate of drug-likeness (QED) is 0.658. The van der Waals surface area contributed by atoms with Gasteiger partial charge in [-0.3, -0.25) is 9.59 Å². The molecule has 0 amide bonds. The van der Waals surface area contributed by atoms with Gasteiger partial charge in [0.05, 0.1) is 6.61 Å². The summed E-state index contributed by atoms with van der Waals surface area (Å²) in [6.07, 6.45) is 2.73. The molecule has 1 heterocycles. The Morgan fingerprint density at radius 3 is 3.00 bits per heavy atom. The van der Waals surface area contributed by atoms with Gasteiger partial charge in [-0.2, -0.15) is 0 Å². The zero-order valence-corrected chi connectivity index (χ0v) is 14.8. The first-order chi connectivity index (χ1) is 12.0. The summed E-state index contributed by atoms with van der Waals surface area (Å²) >= 11 is 0. The maximum absolute atomic E-state index is 12.9. The van der Waals surface area contributed by atoms with Crippen molar-refractivity contribution in [3.05, 3.63) is 29.3 Å². The van der Waals surface area contributed by atoms with E-state index in [1.54, 1.807) is 13.0 Å². The van der Waals surface area contributed by atoms with Crippen LogP contribution < -0.4 is 0 Å². The van der Waals surface area contributed by atoms with E-state index in [2.05, 4.69) is 11.9 Å². The van der Waals surface area contributed by atoms with Gasteiger partial charge >= 0.3 is 5.97 Å². The van der Waals surface area contributed by atoms with E-state index in [1.165, 1.54) is 5.56 Å². The Morgan fingerprint density at radius 1 is 1.44 bits per heavy atom. The largest absolute Gasteiger partial charge is 0.508 e. The van der Waals surface area contributed by atoms with Crippen LogP contribution in [0.25, 0.3) is 0 Å². The van der Waals surface area contributed by atoms with Crippen molar-refractivity contribution >= 4 is 11.8 Å². The highest BCUT2D eigenvalue weighted by atomic mass is 16.5. The molecular formula is C20H25NO4. The summed E-state index contributed by atoms with van der Waals surface area (Å²) in [7, 11) is 2.13. The first-order valence-corrected chi connectivity index (χ1v) is 9.18. The van der Waals surface area contributed by atoms with Gasteiger partial charge in [-0.25, -0.2) is 0 Å². The number of fused-ring (bicyclic) bond motifs is 1. The first kappa shape index (κ1) is 16.6. The molecule has 2 bridgehead atoms. The van der Waals surface area contributed by atoms with E-state index in [4.69, 9.17) is 4.74 Å². The summed E-state index contributed by atoms with van der Waals surface area (Å²) in [6.45, 7) is 3.01. The van der Waals surface area contributed by atoms with Crippen LogP contribution in [0.5, 0.6) is 5.75 Å². The lowest BCUT2D eigenvalue weighted by Gasteiger charge is -2.58. The number of ether oxygens (including phenoxy) is 1. The first-order valence-electron chi connectivity index (χ1n) is 9.18. The van der Waals surface area contributed by atoms with Gasteiger partial charge in [0, 0.05) is 17.9 Å². The van der Waals surface area contributed by atoms with Crippen molar-refractivity contribution in [1.29, 1.82) is 0 Å². The van der Waals surface area contributed by atoms with Gasteiger partial charge in [0.1, 0.15) is 17.5 Å². The second kappa shape index (κ2) is 5.84. The SMILES string of the molecule is CCOC(=O)[C@@H]1C[C@H]2[C@H]3Cc4ccc(O)cc4[C@@]2(CCN3C)CC1=O. The number of phenolic OH excluding ortho intramolecular Hbond substituents is 1. The molecule has 0 spiro atoms. The maximum atomic E-state index is 12.9. The standard InChI is InChI=1S/C20H25NO4/c1-3-25-19(24)14-10-16-17-8-12-4-5-13(22)9-15(12)20(16,11-18(14)23)6-7-21(17)2/h4-5,9,14,16-17,22H,3,6-8,10-11H2,1-2H3/t14-,16+,17-,20-/m1/s1. The third kappa shape index (κ3) is 2.40. The Morgan fingerprint density at radius 2 is 2.24 bits per heavy atom. The fourth-order valence-electron chi connectivity index (χ4n) is 5.45. The zero-order valence-electron chi connectivity index (χ0n) is 14.8. The number of piperidine rings is 1.